The predicted octanol–water partition coefficient (Wildman–Crippen LogP) is 4.76. The maximum Gasteiger partial charge on any atom is 0.224 e. The van der Waals surface area contributed by atoms with Gasteiger partial charge in [-0.15, -0.1) is 0 Å². The first kappa shape index (κ1) is 19.0. The largest absolute Gasteiger partial charge is 0.486 e. The number of thioether (sulfide) groups is 1. The molecule has 0 bridgehead atoms. The molecular weight excluding hydrogens is 344 g/mol. The number of hydrogen-bond donors (Lipinski definition) is 1. The summed E-state index contributed by atoms with van der Waals surface area (Å²) in [6.45, 7) is 6.88. The first-order chi connectivity index (χ1) is 12.4. The fourth-order valence-electron chi connectivity index (χ4n) is 3.06. The monoisotopic (exact) mass is 372 g/mol. The molecule has 1 heterocycles. The molecule has 0 saturated heterocycles. The lowest BCUT2D eigenvalue weighted by molar-refractivity contribution is 0.294. The Morgan fingerprint density at radius 3 is 2.38 bits per heavy atom. The Morgan fingerprint density at radius 1 is 1.04 bits per heavy atom. The molecular formula is C20H28N4OS. The summed E-state index contributed by atoms with van der Waals surface area (Å²) >= 11 is 1.72. The SMILES string of the molecule is CC(C)(C)c1ccc(OCc2nc(N)nc(SC3CCCCC3)n2)cc1. The van der Waals surface area contributed by atoms with Gasteiger partial charge in [0.1, 0.15) is 12.4 Å². The van der Waals surface area contributed by atoms with Gasteiger partial charge >= 0.3 is 0 Å². The van der Waals surface area contributed by atoms with Gasteiger partial charge in [0.2, 0.25) is 5.95 Å². The lowest BCUT2D eigenvalue weighted by atomic mass is 9.87. The van der Waals surface area contributed by atoms with Crippen molar-refractivity contribution in [1.82, 2.24) is 15.0 Å². The van der Waals surface area contributed by atoms with E-state index in [4.69, 9.17) is 10.5 Å². The molecule has 0 spiro atoms. The fourth-order valence-corrected chi connectivity index (χ4v) is 4.24. The smallest absolute Gasteiger partial charge is 0.224 e. The third-order valence-electron chi connectivity index (χ3n) is 4.59. The Morgan fingerprint density at radius 2 is 1.73 bits per heavy atom. The van der Waals surface area contributed by atoms with Crippen LogP contribution in [0.1, 0.15) is 64.3 Å². The van der Waals surface area contributed by atoms with Crippen molar-refractivity contribution in [2.24, 2.45) is 0 Å². The summed E-state index contributed by atoms with van der Waals surface area (Å²) in [5, 5.41) is 1.30. The van der Waals surface area contributed by atoms with Gasteiger partial charge in [-0.05, 0) is 36.0 Å². The van der Waals surface area contributed by atoms with E-state index in [9.17, 15) is 0 Å². The summed E-state index contributed by atoms with van der Waals surface area (Å²) in [5.41, 5.74) is 7.28. The number of ether oxygens (including phenoxy) is 1. The summed E-state index contributed by atoms with van der Waals surface area (Å²) in [5.74, 6) is 1.65. The van der Waals surface area contributed by atoms with Crippen LogP contribution in [0, 0.1) is 0 Å². The van der Waals surface area contributed by atoms with E-state index in [2.05, 4.69) is 47.9 Å². The summed E-state index contributed by atoms with van der Waals surface area (Å²) in [6.07, 6.45) is 6.37. The zero-order valence-corrected chi connectivity index (χ0v) is 16.7. The van der Waals surface area contributed by atoms with E-state index in [1.807, 2.05) is 12.1 Å². The molecule has 1 saturated carbocycles. The van der Waals surface area contributed by atoms with Gasteiger partial charge in [0.15, 0.2) is 11.0 Å². The van der Waals surface area contributed by atoms with Gasteiger partial charge in [-0.2, -0.15) is 9.97 Å². The molecule has 1 aliphatic carbocycles. The van der Waals surface area contributed by atoms with Crippen LogP contribution in [0.15, 0.2) is 29.4 Å². The number of hydrogen-bond acceptors (Lipinski definition) is 6. The highest BCUT2D eigenvalue weighted by atomic mass is 32.2. The number of nitrogen functional groups attached to an aromatic ring is 1. The number of rotatable bonds is 5. The van der Waals surface area contributed by atoms with Crippen LogP contribution >= 0.6 is 11.8 Å². The molecule has 0 radical (unpaired) electrons. The molecule has 0 unspecified atom stereocenters. The van der Waals surface area contributed by atoms with Gasteiger partial charge in [-0.25, -0.2) is 4.98 Å². The molecule has 0 amide bonds. The van der Waals surface area contributed by atoms with Gasteiger partial charge in [-0.3, -0.25) is 0 Å². The van der Waals surface area contributed by atoms with Crippen LogP contribution in [0.25, 0.3) is 0 Å². The zero-order valence-electron chi connectivity index (χ0n) is 15.9. The number of anilines is 1. The van der Waals surface area contributed by atoms with Crippen molar-refractivity contribution in [2.45, 2.75) is 75.3 Å². The third kappa shape index (κ3) is 5.34. The second-order valence-electron chi connectivity index (χ2n) is 7.83. The van der Waals surface area contributed by atoms with Gasteiger partial charge in [0.25, 0.3) is 0 Å². The molecule has 26 heavy (non-hydrogen) atoms. The number of aromatic nitrogens is 3. The first-order valence-electron chi connectivity index (χ1n) is 9.30. The quantitative estimate of drug-likeness (QED) is 0.816. The maximum absolute atomic E-state index is 5.87. The zero-order chi connectivity index (χ0) is 18.6. The lowest BCUT2D eigenvalue weighted by Crippen LogP contribution is -2.12. The lowest BCUT2D eigenvalue weighted by Gasteiger charge is -2.20. The predicted molar refractivity (Wildman–Crippen MR) is 106 cm³/mol. The highest BCUT2D eigenvalue weighted by molar-refractivity contribution is 7.99. The van der Waals surface area contributed by atoms with Gasteiger partial charge in [0.05, 0.1) is 0 Å². The fraction of sp³-hybridized carbons (Fsp3) is 0.550. The highest BCUT2D eigenvalue weighted by Gasteiger charge is 2.17. The van der Waals surface area contributed by atoms with E-state index < -0.39 is 0 Å². The van der Waals surface area contributed by atoms with E-state index in [0.717, 1.165) is 5.75 Å². The van der Waals surface area contributed by atoms with E-state index in [1.54, 1.807) is 11.8 Å². The van der Waals surface area contributed by atoms with Crippen LogP contribution in [0.2, 0.25) is 0 Å². The van der Waals surface area contributed by atoms with Crippen LogP contribution in [-0.4, -0.2) is 20.2 Å². The second-order valence-corrected chi connectivity index (χ2v) is 9.10. The van der Waals surface area contributed by atoms with Crippen LogP contribution in [0.5, 0.6) is 5.75 Å². The van der Waals surface area contributed by atoms with Gasteiger partial charge in [0, 0.05) is 5.25 Å². The second kappa shape index (κ2) is 8.25. The molecule has 1 aliphatic rings. The van der Waals surface area contributed by atoms with Gasteiger partial charge in [-0.1, -0.05) is 63.9 Å². The third-order valence-corrected chi connectivity index (χ3v) is 5.79. The molecule has 1 aromatic heterocycles. The van der Waals surface area contributed by atoms with Crippen LogP contribution in [-0.2, 0) is 12.0 Å². The molecule has 1 aromatic carbocycles. The van der Waals surface area contributed by atoms with Crippen molar-refractivity contribution in [3.05, 3.63) is 35.7 Å². The minimum absolute atomic E-state index is 0.131. The van der Waals surface area contributed by atoms with Crippen molar-refractivity contribution in [1.29, 1.82) is 0 Å². The van der Waals surface area contributed by atoms with Gasteiger partial charge < -0.3 is 10.5 Å². The summed E-state index contributed by atoms with van der Waals surface area (Å²) in [4.78, 5) is 13.0. The molecule has 2 N–H and O–H groups in total. The Labute approximate surface area is 160 Å². The standard InChI is InChI=1S/C20H28N4OS/c1-20(2,3)14-9-11-15(12-10-14)25-13-17-22-18(21)24-19(23-17)26-16-7-5-4-6-8-16/h9-12,16H,4-8,13H2,1-3H3,(H2,21,22,23,24). The van der Waals surface area contributed by atoms with Crippen molar-refractivity contribution < 1.29 is 4.74 Å². The van der Waals surface area contributed by atoms with E-state index in [1.165, 1.54) is 37.7 Å². The molecule has 2 aromatic rings. The van der Waals surface area contributed by atoms with E-state index >= 15 is 0 Å². The molecule has 140 valence electrons. The number of nitrogens with zero attached hydrogens (tertiary/aromatic N) is 3. The molecule has 0 atom stereocenters. The first-order valence-corrected chi connectivity index (χ1v) is 10.2. The average molecular weight is 373 g/mol. The molecule has 5 nitrogen and oxygen atoms in total. The maximum atomic E-state index is 5.87. The Hall–Kier alpha value is -1.82. The van der Waals surface area contributed by atoms with Crippen molar-refractivity contribution in [3.63, 3.8) is 0 Å². The minimum Gasteiger partial charge on any atom is -0.486 e. The van der Waals surface area contributed by atoms with Crippen molar-refractivity contribution >= 4 is 17.7 Å². The van der Waals surface area contributed by atoms with Crippen LogP contribution < -0.4 is 10.5 Å². The van der Waals surface area contributed by atoms with E-state index in [0.29, 0.717) is 22.8 Å². The minimum atomic E-state index is 0.131. The summed E-state index contributed by atoms with van der Waals surface area (Å²) < 4.78 is 5.84. The Balaban J connectivity index is 1.62. The topological polar surface area (TPSA) is 73.9 Å². The highest BCUT2D eigenvalue weighted by Crippen LogP contribution is 2.32. The Kier molecular flexibility index (Phi) is 6.01. The molecule has 3 rings (SSSR count). The summed E-state index contributed by atoms with van der Waals surface area (Å²) in [7, 11) is 0. The van der Waals surface area contributed by atoms with Crippen molar-refractivity contribution in [3.8, 4) is 5.75 Å². The number of benzene rings is 1. The Bertz CT molecular complexity index is 722. The molecule has 6 heteroatoms. The average Bonchev–Trinajstić information content (AvgIpc) is 2.60. The number of nitrogens with two attached hydrogens (primary N) is 1. The van der Waals surface area contributed by atoms with Crippen molar-refractivity contribution in [2.75, 3.05) is 5.73 Å². The van der Waals surface area contributed by atoms with Crippen LogP contribution in [0.3, 0.4) is 0 Å². The van der Waals surface area contributed by atoms with E-state index in [-0.39, 0.29) is 11.4 Å². The molecule has 0 aliphatic heterocycles. The van der Waals surface area contributed by atoms with Crippen LogP contribution in [0.4, 0.5) is 5.95 Å². The normalized spacial score (nSPS) is 15.8. The molecule has 1 fully saturated rings. The summed E-state index contributed by atoms with van der Waals surface area (Å²) in [6, 6.07) is 8.18.